The van der Waals surface area contributed by atoms with Gasteiger partial charge in [0.1, 0.15) is 10.7 Å². The molecule has 19 heavy (non-hydrogen) atoms. The third kappa shape index (κ3) is 5.43. The number of pyridine rings is 1. The molecule has 1 heterocycles. The van der Waals surface area contributed by atoms with E-state index in [1.807, 2.05) is 14.1 Å². The second kappa shape index (κ2) is 7.18. The Morgan fingerprint density at radius 1 is 1.42 bits per heavy atom. The third-order valence-corrected chi connectivity index (χ3v) is 4.39. The third-order valence-electron chi connectivity index (χ3n) is 2.46. The first-order valence-corrected chi connectivity index (χ1v) is 8.16. The van der Waals surface area contributed by atoms with Crippen LogP contribution in [0.2, 0.25) is 0 Å². The van der Waals surface area contributed by atoms with Crippen LogP contribution in [0, 0.1) is 0 Å². The van der Waals surface area contributed by atoms with E-state index in [9.17, 15) is 8.42 Å². The molecule has 0 fully saturated rings. The summed E-state index contributed by atoms with van der Waals surface area (Å²) >= 11 is 3.18. The summed E-state index contributed by atoms with van der Waals surface area (Å²) in [6.45, 7) is 1.32. The van der Waals surface area contributed by atoms with Gasteiger partial charge in [-0.2, -0.15) is 0 Å². The average Bonchev–Trinajstić information content (AvgIpc) is 2.31. The molecule has 1 rings (SSSR count). The molecular weight excluding hydrogens is 332 g/mol. The molecule has 0 bridgehead atoms. The quantitative estimate of drug-likeness (QED) is 0.717. The molecule has 1 aromatic rings. The molecule has 0 spiro atoms. The number of anilines is 1. The first-order chi connectivity index (χ1) is 8.83. The Balaban J connectivity index is 2.59. The Morgan fingerprint density at radius 3 is 2.74 bits per heavy atom. The summed E-state index contributed by atoms with van der Waals surface area (Å²) in [6.07, 6.45) is 3.17. The van der Waals surface area contributed by atoms with Gasteiger partial charge in [-0.25, -0.2) is 18.1 Å². The minimum absolute atomic E-state index is 0.00370. The number of sulfonamides is 1. The Labute approximate surface area is 122 Å². The van der Waals surface area contributed by atoms with Crippen molar-refractivity contribution in [3.63, 3.8) is 0 Å². The summed E-state index contributed by atoms with van der Waals surface area (Å²) in [5.41, 5.74) is 5.59. The summed E-state index contributed by atoms with van der Waals surface area (Å²) in [7, 11) is 0.373. The maximum Gasteiger partial charge on any atom is 0.244 e. The van der Waals surface area contributed by atoms with E-state index in [4.69, 9.17) is 5.73 Å². The zero-order valence-corrected chi connectivity index (χ0v) is 13.5. The molecule has 3 N–H and O–H groups in total. The van der Waals surface area contributed by atoms with Crippen LogP contribution in [0.4, 0.5) is 5.82 Å². The van der Waals surface area contributed by atoms with E-state index in [1.54, 1.807) is 0 Å². The number of nitrogens with one attached hydrogen (secondary N) is 1. The van der Waals surface area contributed by atoms with E-state index in [-0.39, 0.29) is 10.7 Å². The number of hydrogen-bond acceptors (Lipinski definition) is 5. The molecule has 0 aliphatic carbocycles. The Morgan fingerprint density at radius 2 is 2.11 bits per heavy atom. The maximum atomic E-state index is 12.0. The fourth-order valence-electron chi connectivity index (χ4n) is 1.48. The van der Waals surface area contributed by atoms with Gasteiger partial charge in [-0.1, -0.05) is 0 Å². The summed E-state index contributed by atoms with van der Waals surface area (Å²) < 4.78 is 27.2. The van der Waals surface area contributed by atoms with Gasteiger partial charge in [0.2, 0.25) is 10.0 Å². The van der Waals surface area contributed by atoms with Crippen molar-refractivity contribution in [3.8, 4) is 0 Å². The lowest BCUT2D eigenvalue weighted by Crippen LogP contribution is -2.26. The van der Waals surface area contributed by atoms with E-state index in [0.717, 1.165) is 19.4 Å². The molecule has 1 aromatic heterocycles. The predicted octanol–water partition coefficient (Wildman–Crippen LogP) is 1.05. The number of unbranched alkanes of at least 4 members (excludes halogenated alkanes) is 1. The van der Waals surface area contributed by atoms with Crippen LogP contribution >= 0.6 is 15.9 Å². The Kier molecular flexibility index (Phi) is 6.18. The lowest BCUT2D eigenvalue weighted by atomic mass is 10.3. The van der Waals surface area contributed by atoms with Gasteiger partial charge in [-0.05, 0) is 55.5 Å². The van der Waals surface area contributed by atoms with Crippen molar-refractivity contribution in [1.82, 2.24) is 14.6 Å². The predicted molar refractivity (Wildman–Crippen MR) is 79.3 cm³/mol. The monoisotopic (exact) mass is 350 g/mol. The standard InChI is InChI=1S/C11H19BrN4O2S/c1-16(2)6-4-3-5-15-19(17,18)10-7-9(12)8-14-11(10)13/h7-8,15H,3-6H2,1-2H3,(H2,13,14). The number of nitrogens with zero attached hydrogens (tertiary/aromatic N) is 2. The van der Waals surface area contributed by atoms with Crippen LogP contribution in [-0.4, -0.2) is 45.5 Å². The van der Waals surface area contributed by atoms with Gasteiger partial charge in [-0.15, -0.1) is 0 Å². The van der Waals surface area contributed by atoms with Crippen molar-refractivity contribution in [3.05, 3.63) is 16.7 Å². The van der Waals surface area contributed by atoms with Crippen LogP contribution in [0.3, 0.4) is 0 Å². The maximum absolute atomic E-state index is 12.0. The van der Waals surface area contributed by atoms with Crippen LogP contribution in [0.1, 0.15) is 12.8 Å². The topological polar surface area (TPSA) is 88.3 Å². The van der Waals surface area contributed by atoms with E-state index >= 15 is 0 Å². The number of rotatable bonds is 7. The molecule has 0 saturated heterocycles. The van der Waals surface area contributed by atoms with E-state index in [2.05, 4.69) is 30.5 Å². The lowest BCUT2D eigenvalue weighted by molar-refractivity contribution is 0.394. The van der Waals surface area contributed by atoms with Crippen LogP contribution < -0.4 is 10.5 Å². The Bertz CT molecular complexity index is 519. The molecule has 8 heteroatoms. The average molecular weight is 351 g/mol. The summed E-state index contributed by atoms with van der Waals surface area (Å²) in [4.78, 5) is 5.89. The van der Waals surface area contributed by atoms with Crippen LogP contribution in [0.5, 0.6) is 0 Å². The van der Waals surface area contributed by atoms with Gasteiger partial charge in [0, 0.05) is 17.2 Å². The first kappa shape index (κ1) is 16.4. The van der Waals surface area contributed by atoms with Crippen LogP contribution in [-0.2, 0) is 10.0 Å². The van der Waals surface area contributed by atoms with Gasteiger partial charge in [-0.3, -0.25) is 0 Å². The van der Waals surface area contributed by atoms with Crippen molar-refractivity contribution in [2.24, 2.45) is 0 Å². The van der Waals surface area contributed by atoms with Crippen molar-refractivity contribution >= 4 is 31.8 Å². The van der Waals surface area contributed by atoms with Crippen molar-refractivity contribution in [2.45, 2.75) is 17.7 Å². The van der Waals surface area contributed by atoms with Crippen molar-refractivity contribution in [2.75, 3.05) is 32.9 Å². The molecule has 108 valence electrons. The normalized spacial score (nSPS) is 12.0. The summed E-state index contributed by atoms with van der Waals surface area (Å²) in [6, 6.07) is 1.45. The minimum atomic E-state index is -3.60. The molecule has 0 amide bonds. The summed E-state index contributed by atoms with van der Waals surface area (Å²) in [5, 5.41) is 0. The van der Waals surface area contributed by atoms with E-state index < -0.39 is 10.0 Å². The highest BCUT2D eigenvalue weighted by molar-refractivity contribution is 9.10. The number of hydrogen-bond donors (Lipinski definition) is 2. The highest BCUT2D eigenvalue weighted by Gasteiger charge is 2.18. The SMILES string of the molecule is CN(C)CCCCNS(=O)(=O)c1cc(Br)cnc1N. The summed E-state index contributed by atoms with van der Waals surface area (Å²) in [5.74, 6) is 0.00370. The highest BCUT2D eigenvalue weighted by atomic mass is 79.9. The molecule has 0 unspecified atom stereocenters. The molecule has 0 saturated carbocycles. The van der Waals surface area contributed by atoms with Gasteiger partial charge < -0.3 is 10.6 Å². The lowest BCUT2D eigenvalue weighted by Gasteiger charge is -2.10. The van der Waals surface area contributed by atoms with Gasteiger partial charge in [0.25, 0.3) is 0 Å². The number of nitrogens with two attached hydrogens (primary N) is 1. The van der Waals surface area contributed by atoms with E-state index in [0.29, 0.717) is 11.0 Å². The fraction of sp³-hybridized carbons (Fsp3) is 0.545. The van der Waals surface area contributed by atoms with Gasteiger partial charge in [0.05, 0.1) is 0 Å². The first-order valence-electron chi connectivity index (χ1n) is 5.88. The molecule has 0 aliphatic heterocycles. The fourth-order valence-corrected chi connectivity index (χ4v) is 3.15. The molecule has 0 aromatic carbocycles. The van der Waals surface area contributed by atoms with Crippen molar-refractivity contribution < 1.29 is 8.42 Å². The molecule has 0 aliphatic rings. The second-order valence-corrected chi connectivity index (χ2v) is 7.10. The van der Waals surface area contributed by atoms with Gasteiger partial charge >= 0.3 is 0 Å². The molecule has 6 nitrogen and oxygen atoms in total. The van der Waals surface area contributed by atoms with Gasteiger partial charge in [0.15, 0.2) is 0 Å². The second-order valence-electron chi connectivity index (χ2n) is 4.45. The number of nitrogen functional groups attached to an aromatic ring is 1. The zero-order chi connectivity index (χ0) is 14.5. The molecule has 0 radical (unpaired) electrons. The smallest absolute Gasteiger partial charge is 0.244 e. The molecular formula is C11H19BrN4O2S. The van der Waals surface area contributed by atoms with Crippen molar-refractivity contribution in [1.29, 1.82) is 0 Å². The van der Waals surface area contributed by atoms with E-state index in [1.165, 1.54) is 12.3 Å². The van der Waals surface area contributed by atoms with Crippen LogP contribution in [0.15, 0.2) is 21.6 Å². The highest BCUT2D eigenvalue weighted by Crippen LogP contribution is 2.20. The largest absolute Gasteiger partial charge is 0.383 e. The minimum Gasteiger partial charge on any atom is -0.383 e. The zero-order valence-electron chi connectivity index (χ0n) is 11.1. The molecule has 0 atom stereocenters. The van der Waals surface area contributed by atoms with Crippen LogP contribution in [0.25, 0.3) is 0 Å². The number of halogens is 1. The number of aromatic nitrogens is 1. The Hall–Kier alpha value is -0.700.